The van der Waals surface area contributed by atoms with Crippen molar-refractivity contribution in [2.24, 2.45) is 0 Å². The number of carbonyl (C=O) groups is 1. The molecule has 4 rings (SSSR count). The highest BCUT2D eigenvalue weighted by molar-refractivity contribution is 5.96. The van der Waals surface area contributed by atoms with Crippen molar-refractivity contribution in [3.8, 4) is 22.9 Å². The van der Waals surface area contributed by atoms with Crippen LogP contribution in [-0.4, -0.2) is 45.0 Å². The number of hydrogen-bond acceptors (Lipinski definition) is 6. The van der Waals surface area contributed by atoms with Crippen LogP contribution in [0.4, 0.5) is 0 Å². The van der Waals surface area contributed by atoms with Gasteiger partial charge in [0.05, 0.1) is 19.8 Å². The summed E-state index contributed by atoms with van der Waals surface area (Å²) in [5.41, 5.74) is 4.16. The van der Waals surface area contributed by atoms with Gasteiger partial charge in [-0.05, 0) is 22.8 Å². The summed E-state index contributed by atoms with van der Waals surface area (Å²) >= 11 is 0. The number of ether oxygens (including phenoxy) is 2. The molecule has 8 nitrogen and oxygen atoms in total. The summed E-state index contributed by atoms with van der Waals surface area (Å²) in [7, 11) is 3.09. The molecule has 0 fully saturated rings. The molecule has 0 atom stereocenters. The lowest BCUT2D eigenvalue weighted by molar-refractivity contribution is 0.0697. The van der Waals surface area contributed by atoms with Crippen LogP contribution in [0.2, 0.25) is 0 Å². The van der Waals surface area contributed by atoms with Crippen LogP contribution in [0.25, 0.3) is 22.2 Å². The lowest BCUT2D eigenvalue weighted by atomic mass is 9.98. The number of hydrogen-bond donors (Lipinski definition) is 1. The van der Waals surface area contributed by atoms with Gasteiger partial charge in [-0.25, -0.2) is 9.78 Å². The van der Waals surface area contributed by atoms with Crippen LogP contribution < -0.4 is 9.47 Å². The van der Waals surface area contributed by atoms with Gasteiger partial charge in [0.25, 0.3) is 11.8 Å². The molecular weight excluding hydrogens is 408 g/mol. The van der Waals surface area contributed by atoms with E-state index in [0.29, 0.717) is 29.4 Å². The smallest absolute Gasteiger partial charge is 0.336 e. The van der Waals surface area contributed by atoms with Crippen molar-refractivity contribution in [2.45, 2.75) is 26.3 Å². The summed E-state index contributed by atoms with van der Waals surface area (Å²) in [6.45, 7) is 4.68. The molecule has 32 heavy (non-hydrogen) atoms. The van der Waals surface area contributed by atoms with E-state index in [1.807, 2.05) is 36.4 Å². The Bertz CT molecular complexity index is 1280. The van der Waals surface area contributed by atoms with E-state index >= 15 is 0 Å². The molecule has 0 unspecified atom stereocenters. The van der Waals surface area contributed by atoms with Gasteiger partial charge in [-0.1, -0.05) is 56.3 Å². The number of imidazole rings is 1. The standard InChI is InChI=1S/C24H24N4O4/c1-14(2)21-25-19-20(23(32-4)27-26-22(19)31-3)28(21)13-15-9-11-16(12-10-15)17-7-5-6-8-18(17)24(29)30/h5-12,14H,13H2,1-4H3,(H,29,30). The van der Waals surface area contributed by atoms with Crippen LogP contribution in [0.15, 0.2) is 48.5 Å². The second kappa shape index (κ2) is 8.66. The molecule has 2 heterocycles. The van der Waals surface area contributed by atoms with Gasteiger partial charge >= 0.3 is 5.97 Å². The molecule has 0 bridgehead atoms. The van der Waals surface area contributed by atoms with Gasteiger partial charge in [0.15, 0.2) is 5.52 Å². The van der Waals surface area contributed by atoms with Gasteiger partial charge in [-0.3, -0.25) is 0 Å². The van der Waals surface area contributed by atoms with E-state index < -0.39 is 5.97 Å². The van der Waals surface area contributed by atoms with Crippen molar-refractivity contribution in [1.82, 2.24) is 19.7 Å². The predicted octanol–water partition coefficient (Wildman–Crippen LogP) is 4.38. The molecule has 0 spiro atoms. The molecule has 0 aliphatic heterocycles. The Morgan fingerprint density at radius 2 is 1.66 bits per heavy atom. The molecule has 2 aromatic carbocycles. The van der Waals surface area contributed by atoms with E-state index in [4.69, 9.17) is 14.5 Å². The first-order valence-corrected chi connectivity index (χ1v) is 10.2. The van der Waals surface area contributed by atoms with Crippen LogP contribution in [0.5, 0.6) is 11.8 Å². The third-order valence-electron chi connectivity index (χ3n) is 5.30. The maximum Gasteiger partial charge on any atom is 0.336 e. The van der Waals surface area contributed by atoms with Crippen molar-refractivity contribution in [2.75, 3.05) is 14.2 Å². The van der Waals surface area contributed by atoms with Crippen molar-refractivity contribution in [3.63, 3.8) is 0 Å². The number of fused-ring (bicyclic) bond motifs is 1. The number of benzene rings is 2. The number of methoxy groups -OCH3 is 2. The maximum absolute atomic E-state index is 11.6. The summed E-state index contributed by atoms with van der Waals surface area (Å²) in [6, 6.07) is 14.8. The molecule has 0 saturated heterocycles. The zero-order chi connectivity index (χ0) is 22.8. The SMILES string of the molecule is COc1nnc(OC)c2c1nc(C(C)C)n2Cc1ccc(-c2ccccc2C(=O)O)cc1. The van der Waals surface area contributed by atoms with Gasteiger partial charge in [-0.15, -0.1) is 10.2 Å². The molecule has 1 N–H and O–H groups in total. The molecule has 2 aromatic heterocycles. The highest BCUT2D eigenvalue weighted by Crippen LogP contribution is 2.33. The van der Waals surface area contributed by atoms with E-state index in [0.717, 1.165) is 22.5 Å². The van der Waals surface area contributed by atoms with E-state index in [9.17, 15) is 9.90 Å². The Kier molecular flexibility index (Phi) is 5.77. The first kappa shape index (κ1) is 21.3. The minimum atomic E-state index is -0.946. The zero-order valence-corrected chi connectivity index (χ0v) is 18.4. The molecule has 4 aromatic rings. The number of nitrogens with zero attached hydrogens (tertiary/aromatic N) is 4. The minimum Gasteiger partial charge on any atom is -0.478 e. The molecular formula is C24H24N4O4. The summed E-state index contributed by atoms with van der Waals surface area (Å²) in [4.78, 5) is 16.3. The van der Waals surface area contributed by atoms with E-state index in [1.165, 1.54) is 7.11 Å². The van der Waals surface area contributed by atoms with Crippen LogP contribution in [0, 0.1) is 0 Å². The Morgan fingerprint density at radius 1 is 1.00 bits per heavy atom. The first-order valence-electron chi connectivity index (χ1n) is 10.2. The monoisotopic (exact) mass is 432 g/mol. The van der Waals surface area contributed by atoms with Gasteiger partial charge < -0.3 is 19.1 Å². The van der Waals surface area contributed by atoms with Crippen LogP contribution in [-0.2, 0) is 6.54 Å². The van der Waals surface area contributed by atoms with E-state index in [2.05, 4.69) is 28.6 Å². The summed E-state index contributed by atoms with van der Waals surface area (Å²) in [6.07, 6.45) is 0. The van der Waals surface area contributed by atoms with Gasteiger partial charge in [-0.2, -0.15) is 0 Å². The second-order valence-corrected chi connectivity index (χ2v) is 7.67. The Morgan fingerprint density at radius 3 is 2.28 bits per heavy atom. The lowest BCUT2D eigenvalue weighted by Gasteiger charge is -2.13. The van der Waals surface area contributed by atoms with Crippen molar-refractivity contribution in [3.05, 3.63) is 65.5 Å². The number of rotatable bonds is 7. The third-order valence-corrected chi connectivity index (χ3v) is 5.30. The van der Waals surface area contributed by atoms with Crippen LogP contribution in [0.1, 0.15) is 41.5 Å². The van der Waals surface area contributed by atoms with E-state index in [1.54, 1.807) is 19.2 Å². The third kappa shape index (κ3) is 3.75. The van der Waals surface area contributed by atoms with Crippen molar-refractivity contribution < 1.29 is 19.4 Å². The predicted molar refractivity (Wildman–Crippen MR) is 120 cm³/mol. The average Bonchev–Trinajstić information content (AvgIpc) is 3.18. The first-order chi connectivity index (χ1) is 15.4. The molecule has 0 radical (unpaired) electrons. The largest absolute Gasteiger partial charge is 0.478 e. The molecule has 0 amide bonds. The highest BCUT2D eigenvalue weighted by atomic mass is 16.5. The quantitative estimate of drug-likeness (QED) is 0.463. The minimum absolute atomic E-state index is 0.151. The molecule has 164 valence electrons. The molecule has 8 heteroatoms. The summed E-state index contributed by atoms with van der Waals surface area (Å²) in [5, 5.41) is 17.7. The van der Waals surface area contributed by atoms with Crippen LogP contribution in [0.3, 0.4) is 0 Å². The number of aromatic carboxylic acids is 1. The van der Waals surface area contributed by atoms with E-state index in [-0.39, 0.29) is 11.5 Å². The second-order valence-electron chi connectivity index (χ2n) is 7.67. The van der Waals surface area contributed by atoms with Gasteiger partial charge in [0.2, 0.25) is 0 Å². The number of aromatic nitrogens is 4. The molecule has 0 aliphatic rings. The Balaban J connectivity index is 1.77. The fraction of sp³-hybridized carbons (Fsp3) is 0.250. The number of carboxylic acids is 1. The molecule has 0 saturated carbocycles. The topological polar surface area (TPSA) is 99.4 Å². The van der Waals surface area contributed by atoms with Crippen LogP contribution >= 0.6 is 0 Å². The lowest BCUT2D eigenvalue weighted by Crippen LogP contribution is -2.08. The highest BCUT2D eigenvalue weighted by Gasteiger charge is 2.22. The zero-order valence-electron chi connectivity index (χ0n) is 18.4. The number of carboxylic acid groups (broad SMARTS) is 1. The summed E-state index contributed by atoms with van der Waals surface area (Å²) in [5.74, 6) is 0.804. The summed E-state index contributed by atoms with van der Waals surface area (Å²) < 4.78 is 12.9. The van der Waals surface area contributed by atoms with Crippen molar-refractivity contribution in [1.29, 1.82) is 0 Å². The normalized spacial score (nSPS) is 11.2. The van der Waals surface area contributed by atoms with Gasteiger partial charge in [0.1, 0.15) is 11.3 Å². The Labute approximate surface area is 185 Å². The fourth-order valence-corrected chi connectivity index (χ4v) is 3.79. The van der Waals surface area contributed by atoms with Crippen molar-refractivity contribution >= 4 is 17.0 Å². The Hall–Kier alpha value is -3.94. The maximum atomic E-state index is 11.6. The fourth-order valence-electron chi connectivity index (χ4n) is 3.79. The van der Waals surface area contributed by atoms with Gasteiger partial charge in [0, 0.05) is 12.5 Å². The average molecular weight is 432 g/mol. The molecule has 0 aliphatic carbocycles.